The number of unbranched alkanes of at least 4 members (excludes halogenated alkanes) is 1. The highest BCUT2D eigenvalue weighted by atomic mass is 16.5. The van der Waals surface area contributed by atoms with Gasteiger partial charge in [-0.25, -0.2) is 5.01 Å². The molecule has 0 radical (unpaired) electrons. The first-order valence-corrected chi connectivity index (χ1v) is 12.0. The minimum Gasteiger partial charge on any atom is -0.496 e. The van der Waals surface area contributed by atoms with Crippen molar-refractivity contribution in [2.24, 2.45) is 5.41 Å². The van der Waals surface area contributed by atoms with Gasteiger partial charge in [-0.1, -0.05) is 59.6 Å². The molecule has 0 saturated carbocycles. The van der Waals surface area contributed by atoms with E-state index in [1.165, 1.54) is 5.01 Å². The zero-order valence-corrected chi connectivity index (χ0v) is 22.0. The predicted molar refractivity (Wildman–Crippen MR) is 137 cm³/mol. The summed E-state index contributed by atoms with van der Waals surface area (Å²) < 4.78 is 11.0. The second-order valence-corrected chi connectivity index (χ2v) is 9.70. The van der Waals surface area contributed by atoms with E-state index >= 15 is 0 Å². The number of nitrogens with one attached hydrogen (secondary N) is 1. The van der Waals surface area contributed by atoms with Crippen molar-refractivity contribution in [1.82, 2.24) is 10.4 Å². The lowest BCUT2D eigenvalue weighted by Gasteiger charge is -2.40. The number of nitrogens with zero attached hydrogens (tertiary/aromatic N) is 1. The number of hydrogen-bond donors (Lipinski definition) is 1. The molecule has 2 aromatic rings. The normalized spacial score (nSPS) is 12.1. The Labute approximate surface area is 204 Å². The molecule has 2 aromatic carbocycles. The van der Waals surface area contributed by atoms with Gasteiger partial charge in [-0.3, -0.25) is 15.0 Å². The maximum absolute atomic E-state index is 13.9. The highest BCUT2D eigenvalue weighted by Crippen LogP contribution is 2.33. The van der Waals surface area contributed by atoms with Gasteiger partial charge in [-0.2, -0.15) is 0 Å². The fraction of sp³-hybridized carbons (Fsp3) is 0.500. The number of benzene rings is 2. The lowest BCUT2D eigenvalue weighted by Crippen LogP contribution is -2.56. The third-order valence-corrected chi connectivity index (χ3v) is 6.21. The van der Waals surface area contributed by atoms with Crippen LogP contribution in [0.5, 0.6) is 11.5 Å². The summed E-state index contributed by atoms with van der Waals surface area (Å²) in [4.78, 5) is 27.2. The van der Waals surface area contributed by atoms with Gasteiger partial charge >= 0.3 is 0 Å². The summed E-state index contributed by atoms with van der Waals surface area (Å²) in [5, 5.41) is 1.51. The van der Waals surface area contributed by atoms with E-state index in [2.05, 4.69) is 40.0 Å². The van der Waals surface area contributed by atoms with Crippen molar-refractivity contribution in [2.45, 2.75) is 73.3 Å². The second-order valence-electron chi connectivity index (χ2n) is 9.70. The van der Waals surface area contributed by atoms with Gasteiger partial charge in [0.15, 0.2) is 0 Å². The third-order valence-electron chi connectivity index (χ3n) is 6.21. The van der Waals surface area contributed by atoms with Crippen LogP contribution in [0.25, 0.3) is 0 Å². The first kappa shape index (κ1) is 27.2. The molecule has 0 spiro atoms. The summed E-state index contributed by atoms with van der Waals surface area (Å²) >= 11 is 0. The van der Waals surface area contributed by atoms with E-state index in [0.717, 1.165) is 36.8 Å². The Bertz CT molecular complexity index is 952. The maximum atomic E-state index is 13.9. The molecule has 2 rings (SSSR count). The standard InChI is InChI=1S/C28H40N2O4/c1-9-11-12-25(28(4,5)6)30(29-26(31)21-15-13-20(10-2)14-16-21)27(32)22-17-23(33-7)19(3)24(18-22)34-8/h13-18,25H,9-12H2,1-8H3,(H,29,31). The van der Waals surface area contributed by atoms with E-state index in [1.807, 2.05) is 19.1 Å². The molecular formula is C28H40N2O4. The molecule has 0 aliphatic carbocycles. The Balaban J connectivity index is 2.53. The average Bonchev–Trinajstić information content (AvgIpc) is 2.82. The van der Waals surface area contributed by atoms with E-state index in [1.54, 1.807) is 38.5 Å². The fourth-order valence-electron chi connectivity index (χ4n) is 4.03. The molecule has 1 atom stereocenters. The highest BCUT2D eigenvalue weighted by Gasteiger charge is 2.35. The van der Waals surface area contributed by atoms with Gasteiger partial charge in [-0.05, 0) is 55.0 Å². The molecule has 0 aliphatic heterocycles. The van der Waals surface area contributed by atoms with Gasteiger partial charge in [0.2, 0.25) is 0 Å². The van der Waals surface area contributed by atoms with E-state index in [9.17, 15) is 9.59 Å². The first-order valence-electron chi connectivity index (χ1n) is 12.0. The smallest absolute Gasteiger partial charge is 0.272 e. The number of carbonyl (C=O) groups is 2. The molecule has 186 valence electrons. The molecule has 34 heavy (non-hydrogen) atoms. The van der Waals surface area contributed by atoms with Crippen LogP contribution in [-0.4, -0.2) is 37.1 Å². The molecule has 0 fully saturated rings. The van der Waals surface area contributed by atoms with Crippen LogP contribution in [0.4, 0.5) is 0 Å². The maximum Gasteiger partial charge on any atom is 0.272 e. The van der Waals surface area contributed by atoms with E-state index in [0.29, 0.717) is 22.6 Å². The first-order chi connectivity index (χ1) is 16.1. The Hall–Kier alpha value is -3.02. The van der Waals surface area contributed by atoms with Crippen LogP contribution in [0.1, 0.15) is 85.7 Å². The summed E-state index contributed by atoms with van der Waals surface area (Å²) in [7, 11) is 3.13. The van der Waals surface area contributed by atoms with Crippen LogP contribution in [0.2, 0.25) is 0 Å². The van der Waals surface area contributed by atoms with Crippen LogP contribution < -0.4 is 14.9 Å². The number of aryl methyl sites for hydroxylation is 1. The molecule has 6 nitrogen and oxygen atoms in total. The molecular weight excluding hydrogens is 428 g/mol. The number of ether oxygens (including phenoxy) is 2. The largest absolute Gasteiger partial charge is 0.496 e. The lowest BCUT2D eigenvalue weighted by atomic mass is 9.83. The quantitative estimate of drug-likeness (QED) is 0.461. The summed E-state index contributed by atoms with van der Waals surface area (Å²) in [6.07, 6.45) is 3.59. The van der Waals surface area contributed by atoms with Crippen LogP contribution >= 0.6 is 0 Å². The number of carbonyl (C=O) groups excluding carboxylic acids is 2. The lowest BCUT2D eigenvalue weighted by molar-refractivity contribution is 0.0267. The van der Waals surface area contributed by atoms with Crippen molar-refractivity contribution in [3.8, 4) is 11.5 Å². The molecule has 6 heteroatoms. The van der Waals surface area contributed by atoms with Crippen LogP contribution in [-0.2, 0) is 6.42 Å². The second kappa shape index (κ2) is 11.9. The zero-order chi connectivity index (χ0) is 25.5. The SMILES string of the molecule is CCCCC(N(NC(=O)c1ccc(CC)cc1)C(=O)c1cc(OC)c(C)c(OC)c1)C(C)(C)C. The van der Waals surface area contributed by atoms with E-state index in [4.69, 9.17) is 9.47 Å². The highest BCUT2D eigenvalue weighted by molar-refractivity contribution is 5.99. The predicted octanol–water partition coefficient (Wildman–Crippen LogP) is 5.97. The summed E-state index contributed by atoms with van der Waals surface area (Å²) in [6, 6.07) is 10.7. The van der Waals surface area contributed by atoms with Crippen molar-refractivity contribution in [2.75, 3.05) is 14.2 Å². The summed E-state index contributed by atoms with van der Waals surface area (Å²) in [5.74, 6) is 0.508. The van der Waals surface area contributed by atoms with E-state index in [-0.39, 0.29) is 23.3 Å². The number of hydrazine groups is 1. The number of hydrogen-bond acceptors (Lipinski definition) is 4. The fourth-order valence-corrected chi connectivity index (χ4v) is 4.03. The van der Waals surface area contributed by atoms with Crippen molar-refractivity contribution >= 4 is 11.8 Å². The number of methoxy groups -OCH3 is 2. The summed E-state index contributed by atoms with van der Waals surface area (Å²) in [6.45, 7) is 12.3. The minimum atomic E-state index is -0.312. The zero-order valence-electron chi connectivity index (χ0n) is 22.0. The molecule has 0 aromatic heterocycles. The van der Waals surface area contributed by atoms with Crippen molar-refractivity contribution < 1.29 is 19.1 Å². The van der Waals surface area contributed by atoms with Gasteiger partial charge in [-0.15, -0.1) is 0 Å². The molecule has 0 heterocycles. The van der Waals surface area contributed by atoms with Gasteiger partial charge < -0.3 is 9.47 Å². The van der Waals surface area contributed by atoms with Crippen LogP contribution in [0.15, 0.2) is 36.4 Å². The molecule has 2 amide bonds. The molecule has 0 saturated heterocycles. The van der Waals surface area contributed by atoms with Gasteiger partial charge in [0.1, 0.15) is 11.5 Å². The number of amides is 2. The number of rotatable bonds is 9. The van der Waals surface area contributed by atoms with Gasteiger partial charge in [0, 0.05) is 16.7 Å². The van der Waals surface area contributed by atoms with Crippen molar-refractivity contribution in [3.05, 3.63) is 58.7 Å². The molecule has 0 bridgehead atoms. The monoisotopic (exact) mass is 468 g/mol. The van der Waals surface area contributed by atoms with Gasteiger partial charge in [0.25, 0.3) is 11.8 Å². The van der Waals surface area contributed by atoms with E-state index < -0.39 is 0 Å². The molecule has 0 aliphatic rings. The third kappa shape index (κ3) is 6.52. The van der Waals surface area contributed by atoms with Gasteiger partial charge in [0.05, 0.1) is 20.3 Å². The topological polar surface area (TPSA) is 67.9 Å². The Kier molecular flexibility index (Phi) is 9.54. The van der Waals surface area contributed by atoms with Crippen molar-refractivity contribution in [3.63, 3.8) is 0 Å². The molecule has 1 unspecified atom stereocenters. The Morgan fingerprint density at radius 3 is 1.97 bits per heavy atom. The Morgan fingerprint density at radius 2 is 1.53 bits per heavy atom. The van der Waals surface area contributed by atoms with Crippen LogP contribution in [0, 0.1) is 12.3 Å². The van der Waals surface area contributed by atoms with Crippen LogP contribution in [0.3, 0.4) is 0 Å². The average molecular weight is 469 g/mol. The minimum absolute atomic E-state index is 0.211. The summed E-state index contributed by atoms with van der Waals surface area (Å²) in [5.41, 5.74) is 5.55. The van der Waals surface area contributed by atoms with Crippen molar-refractivity contribution in [1.29, 1.82) is 0 Å². The Morgan fingerprint density at radius 1 is 0.971 bits per heavy atom. The molecule has 1 N–H and O–H groups in total.